The second-order valence-corrected chi connectivity index (χ2v) is 5.72. The van der Waals surface area contributed by atoms with E-state index in [1.807, 2.05) is 22.9 Å². The summed E-state index contributed by atoms with van der Waals surface area (Å²) < 4.78 is 13.2. The smallest absolute Gasteiger partial charge is 0.161 e. The summed E-state index contributed by atoms with van der Waals surface area (Å²) in [5.41, 5.74) is 3.55. The summed E-state index contributed by atoms with van der Waals surface area (Å²) in [6.45, 7) is 2.85. The Kier molecular flexibility index (Phi) is 4.16. The highest BCUT2D eigenvalue weighted by Gasteiger charge is 2.11. The Morgan fingerprint density at radius 2 is 1.67 bits per heavy atom. The van der Waals surface area contributed by atoms with E-state index < -0.39 is 0 Å². The lowest BCUT2D eigenvalue weighted by molar-refractivity contribution is 0.171. The van der Waals surface area contributed by atoms with Crippen LogP contribution in [0.15, 0.2) is 61.2 Å². The largest absolute Gasteiger partial charge is 0.486 e. The van der Waals surface area contributed by atoms with E-state index in [0.29, 0.717) is 13.2 Å². The van der Waals surface area contributed by atoms with E-state index in [4.69, 9.17) is 9.47 Å². The molecule has 24 heavy (non-hydrogen) atoms. The van der Waals surface area contributed by atoms with Crippen molar-refractivity contribution in [3.63, 3.8) is 0 Å². The molecular formula is C19H19N3O2. The van der Waals surface area contributed by atoms with Gasteiger partial charge in [-0.2, -0.15) is 0 Å². The van der Waals surface area contributed by atoms with E-state index in [1.54, 1.807) is 12.5 Å². The summed E-state index contributed by atoms with van der Waals surface area (Å²) in [6, 6.07) is 14.6. The zero-order valence-electron chi connectivity index (χ0n) is 13.3. The molecule has 1 aromatic heterocycles. The molecule has 0 saturated heterocycles. The van der Waals surface area contributed by atoms with Gasteiger partial charge in [0.15, 0.2) is 11.5 Å². The van der Waals surface area contributed by atoms with Crippen LogP contribution in [0.4, 0.5) is 0 Å². The molecule has 0 spiro atoms. The summed E-state index contributed by atoms with van der Waals surface area (Å²) in [6.07, 6.45) is 5.52. The van der Waals surface area contributed by atoms with Gasteiger partial charge in [0.25, 0.3) is 0 Å². The Hall–Kier alpha value is -2.79. The maximum Gasteiger partial charge on any atom is 0.161 e. The van der Waals surface area contributed by atoms with Crippen LogP contribution in [0.1, 0.15) is 11.1 Å². The lowest BCUT2D eigenvalue weighted by Gasteiger charge is -2.19. The highest BCUT2D eigenvalue weighted by atomic mass is 16.6. The highest BCUT2D eigenvalue weighted by Crippen LogP contribution is 2.30. The van der Waals surface area contributed by atoms with Crippen molar-refractivity contribution in [2.75, 3.05) is 13.2 Å². The quantitative estimate of drug-likeness (QED) is 0.785. The molecule has 1 aliphatic rings. The minimum atomic E-state index is 0.618. The van der Waals surface area contributed by atoms with Crippen LogP contribution in [0.3, 0.4) is 0 Å². The van der Waals surface area contributed by atoms with Crippen molar-refractivity contribution in [2.24, 2.45) is 0 Å². The summed E-state index contributed by atoms with van der Waals surface area (Å²) in [5, 5.41) is 3.46. The molecule has 1 aliphatic heterocycles. The third-order valence-corrected chi connectivity index (χ3v) is 4.00. The van der Waals surface area contributed by atoms with Crippen molar-refractivity contribution in [3.8, 4) is 17.2 Å². The van der Waals surface area contributed by atoms with Crippen LogP contribution in [0.25, 0.3) is 5.69 Å². The van der Waals surface area contributed by atoms with Crippen molar-refractivity contribution in [3.05, 3.63) is 72.3 Å². The summed E-state index contributed by atoms with van der Waals surface area (Å²) in [4.78, 5) is 4.07. The first-order valence-corrected chi connectivity index (χ1v) is 8.05. The first-order chi connectivity index (χ1) is 11.9. The molecular weight excluding hydrogens is 302 g/mol. The minimum Gasteiger partial charge on any atom is -0.486 e. The summed E-state index contributed by atoms with van der Waals surface area (Å²) in [7, 11) is 0. The van der Waals surface area contributed by atoms with E-state index in [1.165, 1.54) is 11.1 Å². The molecule has 1 N–H and O–H groups in total. The Morgan fingerprint density at radius 3 is 2.46 bits per heavy atom. The standard InChI is InChI=1S/C19H19N3O2/c1-4-17(22-8-7-20-14-22)5-2-15(1)12-21-13-16-3-6-18-19(11-16)24-10-9-23-18/h1-8,11,14,21H,9-10,12-13H2. The van der Waals surface area contributed by atoms with Gasteiger partial charge >= 0.3 is 0 Å². The molecule has 0 radical (unpaired) electrons. The van der Waals surface area contributed by atoms with Gasteiger partial charge in [0, 0.05) is 31.2 Å². The predicted octanol–water partition coefficient (Wildman–Crippen LogP) is 2.93. The van der Waals surface area contributed by atoms with E-state index in [0.717, 1.165) is 30.3 Å². The second kappa shape index (κ2) is 6.76. The van der Waals surface area contributed by atoms with E-state index in [-0.39, 0.29) is 0 Å². The molecule has 5 heteroatoms. The van der Waals surface area contributed by atoms with Crippen LogP contribution in [0.2, 0.25) is 0 Å². The number of nitrogens with zero attached hydrogens (tertiary/aromatic N) is 2. The fraction of sp³-hybridized carbons (Fsp3) is 0.211. The molecule has 0 aliphatic carbocycles. The third-order valence-electron chi connectivity index (χ3n) is 4.00. The normalized spacial score (nSPS) is 13.0. The Bertz CT molecular complexity index is 798. The van der Waals surface area contributed by atoms with Crippen LogP contribution in [0.5, 0.6) is 11.5 Å². The Balaban J connectivity index is 1.34. The van der Waals surface area contributed by atoms with Gasteiger partial charge in [0.2, 0.25) is 0 Å². The van der Waals surface area contributed by atoms with Crippen molar-refractivity contribution in [1.29, 1.82) is 0 Å². The summed E-state index contributed by atoms with van der Waals surface area (Å²) >= 11 is 0. The van der Waals surface area contributed by atoms with Crippen molar-refractivity contribution >= 4 is 0 Å². The summed E-state index contributed by atoms with van der Waals surface area (Å²) in [5.74, 6) is 1.67. The second-order valence-electron chi connectivity index (χ2n) is 5.72. The predicted molar refractivity (Wildman–Crippen MR) is 91.5 cm³/mol. The number of fused-ring (bicyclic) bond motifs is 1. The average Bonchev–Trinajstić information content (AvgIpc) is 3.17. The maximum atomic E-state index is 5.62. The van der Waals surface area contributed by atoms with Crippen molar-refractivity contribution < 1.29 is 9.47 Å². The molecule has 0 unspecified atom stereocenters. The molecule has 4 rings (SSSR count). The number of hydrogen-bond donors (Lipinski definition) is 1. The van der Waals surface area contributed by atoms with Gasteiger partial charge in [-0.15, -0.1) is 0 Å². The first kappa shape index (κ1) is 14.8. The number of aromatic nitrogens is 2. The van der Waals surface area contributed by atoms with Gasteiger partial charge in [-0.05, 0) is 35.4 Å². The molecule has 2 heterocycles. The molecule has 0 saturated carbocycles. The van der Waals surface area contributed by atoms with Gasteiger partial charge < -0.3 is 19.4 Å². The number of hydrogen-bond acceptors (Lipinski definition) is 4. The zero-order valence-corrected chi connectivity index (χ0v) is 13.3. The highest BCUT2D eigenvalue weighted by molar-refractivity contribution is 5.43. The lowest BCUT2D eigenvalue weighted by Crippen LogP contribution is -2.16. The van der Waals surface area contributed by atoms with Gasteiger partial charge in [-0.25, -0.2) is 4.98 Å². The number of ether oxygens (including phenoxy) is 2. The molecule has 122 valence electrons. The SMILES string of the molecule is c1cn(-c2ccc(CNCc3ccc4c(c3)OCCO4)cc2)cn1. The van der Waals surface area contributed by atoms with Crippen molar-refractivity contribution in [1.82, 2.24) is 14.9 Å². The molecule has 5 nitrogen and oxygen atoms in total. The number of nitrogens with one attached hydrogen (secondary N) is 1. The van der Waals surface area contributed by atoms with Gasteiger partial charge in [-0.1, -0.05) is 18.2 Å². The lowest BCUT2D eigenvalue weighted by atomic mass is 10.1. The molecule has 0 fully saturated rings. The van der Waals surface area contributed by atoms with Crippen LogP contribution in [-0.2, 0) is 13.1 Å². The van der Waals surface area contributed by atoms with Crippen LogP contribution < -0.4 is 14.8 Å². The van der Waals surface area contributed by atoms with Gasteiger partial charge in [0.05, 0.1) is 6.33 Å². The third kappa shape index (κ3) is 3.26. The fourth-order valence-corrected chi connectivity index (χ4v) is 2.75. The molecule has 0 atom stereocenters. The minimum absolute atomic E-state index is 0.618. The molecule has 0 bridgehead atoms. The van der Waals surface area contributed by atoms with Gasteiger partial charge in [0.1, 0.15) is 13.2 Å². The van der Waals surface area contributed by atoms with E-state index in [2.05, 4.69) is 40.6 Å². The Morgan fingerprint density at radius 1 is 0.917 bits per heavy atom. The molecule has 0 amide bonds. The van der Waals surface area contributed by atoms with E-state index >= 15 is 0 Å². The van der Waals surface area contributed by atoms with Crippen LogP contribution >= 0.6 is 0 Å². The van der Waals surface area contributed by atoms with Crippen molar-refractivity contribution in [2.45, 2.75) is 13.1 Å². The zero-order chi connectivity index (χ0) is 16.2. The number of benzene rings is 2. The monoisotopic (exact) mass is 321 g/mol. The fourth-order valence-electron chi connectivity index (χ4n) is 2.75. The maximum absolute atomic E-state index is 5.62. The van der Waals surface area contributed by atoms with Crippen LogP contribution in [0, 0.1) is 0 Å². The Labute approximate surface area is 140 Å². The van der Waals surface area contributed by atoms with Gasteiger partial charge in [-0.3, -0.25) is 0 Å². The average molecular weight is 321 g/mol. The van der Waals surface area contributed by atoms with Crippen LogP contribution in [-0.4, -0.2) is 22.8 Å². The first-order valence-electron chi connectivity index (χ1n) is 8.05. The number of rotatable bonds is 5. The van der Waals surface area contributed by atoms with E-state index in [9.17, 15) is 0 Å². The number of imidazole rings is 1. The topological polar surface area (TPSA) is 48.3 Å². The molecule has 2 aromatic carbocycles. The molecule has 3 aromatic rings.